The van der Waals surface area contributed by atoms with Crippen molar-refractivity contribution in [3.8, 4) is 22.9 Å². The molecule has 5 heterocycles. The lowest BCUT2D eigenvalue weighted by molar-refractivity contribution is 0.434. The molecule has 0 amide bonds. The van der Waals surface area contributed by atoms with Crippen LogP contribution in [0.15, 0.2) is 255 Å². The van der Waals surface area contributed by atoms with Crippen LogP contribution in [0.5, 0.6) is 11.5 Å². The molecule has 72 heavy (non-hydrogen) atoms. The van der Waals surface area contributed by atoms with Crippen molar-refractivity contribution in [3.05, 3.63) is 277 Å². The molecule has 2 aliphatic rings. The summed E-state index contributed by atoms with van der Waals surface area (Å²) in [5.41, 5.74) is 11.2. The average Bonchev–Trinajstić information content (AvgIpc) is 4.12. The smallest absolute Gasteiger partial charge is 0.181 e. The SMILES string of the molecule is c1ccc([Si](c2ccccc2)(c2ccc3c(c2)-n2c4ccc(-n5c6ccccc6c6ccccc65)cc4c4cccc(c42)C32c3ccccc3Oc3ccccc32)c2cccc3c2sc2ccccc23)cc1. The van der Waals surface area contributed by atoms with Gasteiger partial charge in [-0.05, 0) is 86.5 Å². The number of fused-ring (bicyclic) bond motifs is 17. The molecule has 0 bridgehead atoms. The minimum absolute atomic E-state index is 0.700. The number of thiophene rings is 1. The van der Waals surface area contributed by atoms with E-state index in [1.165, 1.54) is 101 Å². The summed E-state index contributed by atoms with van der Waals surface area (Å²) in [7, 11) is -3.14. The molecule has 0 fully saturated rings. The van der Waals surface area contributed by atoms with E-state index >= 15 is 0 Å². The molecule has 0 saturated carbocycles. The Bertz CT molecular complexity index is 4430. The van der Waals surface area contributed by atoms with Crippen molar-refractivity contribution in [1.29, 1.82) is 0 Å². The molecule has 3 nitrogen and oxygen atoms in total. The minimum Gasteiger partial charge on any atom is -0.457 e. The second-order valence-electron chi connectivity index (χ2n) is 19.4. The molecule has 336 valence electrons. The van der Waals surface area contributed by atoms with Crippen molar-refractivity contribution in [2.75, 3.05) is 0 Å². The molecule has 16 rings (SSSR count). The molecule has 3 aromatic heterocycles. The van der Waals surface area contributed by atoms with E-state index in [2.05, 4.69) is 264 Å². The predicted octanol–water partition coefficient (Wildman–Crippen LogP) is 14.4. The highest BCUT2D eigenvalue weighted by molar-refractivity contribution is 7.30. The molecule has 0 radical (unpaired) electrons. The standard InChI is InChI=1S/C67H42N2OSSi/c1-3-19-44(20-4-1)72(45-21-5-2-6-22-45,64-36-18-27-51-49-25-9-16-35-63(49)71-66(51)64)46-38-39-53-60(42-46)69-59-40-37-43(68-57-31-12-7-23-47(57)48-24-8-13-32-58(48)68)41-52(59)50-26-17-30-56(65(50)69)67(53)54-28-10-14-33-61(54)70-62-34-15-11-29-55(62)67/h1-42H. The first-order valence-electron chi connectivity index (χ1n) is 24.8. The fourth-order valence-electron chi connectivity index (χ4n) is 13.3. The van der Waals surface area contributed by atoms with Gasteiger partial charge in [0.1, 0.15) is 11.5 Å². The lowest BCUT2D eigenvalue weighted by Crippen LogP contribution is -2.74. The van der Waals surface area contributed by atoms with Crippen LogP contribution in [0.2, 0.25) is 0 Å². The Kier molecular flexibility index (Phi) is 8.28. The van der Waals surface area contributed by atoms with Gasteiger partial charge in [0.2, 0.25) is 0 Å². The highest BCUT2D eigenvalue weighted by atomic mass is 32.1. The van der Waals surface area contributed by atoms with Crippen LogP contribution in [0.1, 0.15) is 22.3 Å². The first-order chi connectivity index (χ1) is 35.7. The third kappa shape index (κ3) is 5.13. The van der Waals surface area contributed by atoms with Gasteiger partial charge in [-0.3, -0.25) is 0 Å². The monoisotopic (exact) mass is 950 g/mol. The number of aromatic nitrogens is 2. The van der Waals surface area contributed by atoms with Gasteiger partial charge in [0.05, 0.1) is 33.2 Å². The minimum atomic E-state index is -3.14. The highest BCUT2D eigenvalue weighted by Gasteiger charge is 2.51. The first-order valence-corrected chi connectivity index (χ1v) is 27.6. The van der Waals surface area contributed by atoms with E-state index in [-0.39, 0.29) is 0 Å². The lowest BCUT2D eigenvalue weighted by atomic mass is 9.62. The summed E-state index contributed by atoms with van der Waals surface area (Å²) in [4.78, 5) is 0. The van der Waals surface area contributed by atoms with Gasteiger partial charge in [0.15, 0.2) is 8.07 Å². The van der Waals surface area contributed by atoms with Crippen LogP contribution in [0.4, 0.5) is 0 Å². The van der Waals surface area contributed by atoms with Crippen molar-refractivity contribution >= 4 is 104 Å². The number of nitrogens with zero attached hydrogens (tertiary/aromatic N) is 2. The average molecular weight is 951 g/mol. The van der Waals surface area contributed by atoms with E-state index in [9.17, 15) is 0 Å². The number of rotatable bonds is 5. The molecule has 0 unspecified atom stereocenters. The molecule has 11 aromatic carbocycles. The first kappa shape index (κ1) is 40.0. The van der Waals surface area contributed by atoms with Crippen LogP contribution in [0.25, 0.3) is 75.2 Å². The molecule has 0 saturated heterocycles. The third-order valence-corrected chi connectivity index (χ3v) is 22.3. The summed E-state index contributed by atoms with van der Waals surface area (Å²) in [6.07, 6.45) is 0. The largest absolute Gasteiger partial charge is 0.457 e. The molecule has 5 heteroatoms. The molecular formula is C67H42N2OSSi. The summed E-state index contributed by atoms with van der Waals surface area (Å²) in [5.74, 6) is 1.77. The normalized spacial score (nSPS) is 13.5. The van der Waals surface area contributed by atoms with Crippen LogP contribution in [0, 0.1) is 0 Å². The van der Waals surface area contributed by atoms with Gasteiger partial charge in [-0.15, -0.1) is 11.3 Å². The van der Waals surface area contributed by atoms with Gasteiger partial charge in [0.25, 0.3) is 0 Å². The fourth-order valence-corrected chi connectivity index (χ4v) is 19.9. The van der Waals surface area contributed by atoms with E-state index in [4.69, 9.17) is 4.74 Å². The van der Waals surface area contributed by atoms with Crippen LogP contribution in [-0.2, 0) is 5.41 Å². The number of benzene rings is 11. The molecular weight excluding hydrogens is 909 g/mol. The number of hydrogen-bond donors (Lipinski definition) is 0. The zero-order chi connectivity index (χ0) is 47.1. The quantitative estimate of drug-likeness (QED) is 0.124. The van der Waals surface area contributed by atoms with Crippen molar-refractivity contribution in [2.45, 2.75) is 5.41 Å². The number of para-hydroxylation sites is 5. The van der Waals surface area contributed by atoms with E-state index in [0.717, 1.165) is 28.3 Å². The molecule has 0 N–H and O–H groups in total. The third-order valence-electron chi connectivity index (χ3n) is 16.1. The zero-order valence-corrected chi connectivity index (χ0v) is 40.8. The summed E-state index contributed by atoms with van der Waals surface area (Å²) in [6.45, 7) is 0. The lowest BCUT2D eigenvalue weighted by Gasteiger charge is -2.45. The Labute approximate surface area is 420 Å². The Hall–Kier alpha value is -8.74. The number of hydrogen-bond acceptors (Lipinski definition) is 2. The van der Waals surface area contributed by atoms with Crippen LogP contribution in [0.3, 0.4) is 0 Å². The second-order valence-corrected chi connectivity index (χ2v) is 24.3. The van der Waals surface area contributed by atoms with Gasteiger partial charge in [0, 0.05) is 58.5 Å². The Morgan fingerprint density at radius 3 is 1.62 bits per heavy atom. The summed E-state index contributed by atoms with van der Waals surface area (Å²) >= 11 is 1.93. The van der Waals surface area contributed by atoms with Crippen LogP contribution >= 0.6 is 11.3 Å². The van der Waals surface area contributed by atoms with Crippen molar-refractivity contribution in [1.82, 2.24) is 9.13 Å². The number of ether oxygens (including phenoxy) is 1. The molecule has 2 aliphatic heterocycles. The molecule has 1 spiro atoms. The van der Waals surface area contributed by atoms with Gasteiger partial charge in [-0.25, -0.2) is 0 Å². The van der Waals surface area contributed by atoms with Gasteiger partial charge >= 0.3 is 0 Å². The van der Waals surface area contributed by atoms with Crippen molar-refractivity contribution in [2.24, 2.45) is 0 Å². The van der Waals surface area contributed by atoms with Crippen molar-refractivity contribution < 1.29 is 4.74 Å². The topological polar surface area (TPSA) is 19.1 Å². The summed E-state index contributed by atoms with van der Waals surface area (Å²) in [5, 5.41) is 13.0. The summed E-state index contributed by atoms with van der Waals surface area (Å²) in [6, 6.07) is 95.8. The maximum absolute atomic E-state index is 6.91. The van der Waals surface area contributed by atoms with Gasteiger partial charge in [-0.1, -0.05) is 200 Å². The fraction of sp³-hybridized carbons (Fsp3) is 0.0149. The zero-order valence-electron chi connectivity index (χ0n) is 39.0. The van der Waals surface area contributed by atoms with Crippen LogP contribution < -0.4 is 25.5 Å². The summed E-state index contributed by atoms with van der Waals surface area (Å²) < 4.78 is 14.6. The molecule has 0 atom stereocenters. The van der Waals surface area contributed by atoms with Crippen molar-refractivity contribution in [3.63, 3.8) is 0 Å². The van der Waals surface area contributed by atoms with E-state index in [1.807, 2.05) is 11.3 Å². The van der Waals surface area contributed by atoms with Gasteiger partial charge in [-0.2, -0.15) is 0 Å². The predicted molar refractivity (Wildman–Crippen MR) is 304 cm³/mol. The molecule has 14 aromatic rings. The van der Waals surface area contributed by atoms with E-state index in [1.54, 1.807) is 0 Å². The maximum Gasteiger partial charge on any atom is 0.181 e. The second kappa shape index (κ2) is 14.9. The van der Waals surface area contributed by atoms with E-state index < -0.39 is 13.5 Å². The Balaban J connectivity index is 1.07. The Morgan fingerprint density at radius 1 is 0.361 bits per heavy atom. The van der Waals surface area contributed by atoms with E-state index in [0.29, 0.717) is 0 Å². The molecule has 0 aliphatic carbocycles. The van der Waals surface area contributed by atoms with Crippen LogP contribution in [-0.4, -0.2) is 17.2 Å². The van der Waals surface area contributed by atoms with Gasteiger partial charge < -0.3 is 13.9 Å². The Morgan fingerprint density at radius 2 is 0.917 bits per heavy atom. The highest BCUT2D eigenvalue weighted by Crippen LogP contribution is 2.60. The maximum atomic E-state index is 6.91.